The molecule has 1 unspecified atom stereocenters. The molecule has 0 saturated heterocycles. The van der Waals surface area contributed by atoms with E-state index in [-0.39, 0.29) is 18.1 Å². The van der Waals surface area contributed by atoms with Crippen molar-refractivity contribution < 1.29 is 22.7 Å². The highest BCUT2D eigenvalue weighted by Gasteiger charge is 2.33. The van der Waals surface area contributed by atoms with Crippen LogP contribution in [0.1, 0.15) is 30.9 Å². The number of hydrogen-bond acceptors (Lipinski definition) is 3. The van der Waals surface area contributed by atoms with Gasteiger partial charge in [0.2, 0.25) is 0 Å². The van der Waals surface area contributed by atoms with Crippen molar-refractivity contribution in [1.29, 1.82) is 0 Å². The van der Waals surface area contributed by atoms with E-state index in [0.717, 1.165) is 17.2 Å². The highest BCUT2D eigenvalue weighted by Crippen LogP contribution is 2.41. The first-order chi connectivity index (χ1) is 15.8. The fraction of sp³-hybridized carbons (Fsp3) is 0.185. The standard InChI is InChI=1S/C27H22F3NO2/c1-3-33-26(32)17(2)19-11-7-12-20(15-19)24-21-13-8-14-23(27(28,29)30)25(21)31-16-22(24)18-9-5-4-6-10-18/h4-17H,3H2,1-2H3. The van der Waals surface area contributed by atoms with Crippen LogP contribution < -0.4 is 0 Å². The van der Waals surface area contributed by atoms with E-state index in [1.54, 1.807) is 26.0 Å². The number of hydrogen-bond donors (Lipinski definition) is 0. The Labute approximate surface area is 189 Å². The summed E-state index contributed by atoms with van der Waals surface area (Å²) in [5.41, 5.74) is 2.72. The molecule has 1 aromatic heterocycles. The van der Waals surface area contributed by atoms with Gasteiger partial charge in [-0.1, -0.05) is 66.7 Å². The predicted octanol–water partition coefficient (Wildman–Crippen LogP) is 7.25. The smallest absolute Gasteiger partial charge is 0.418 e. The summed E-state index contributed by atoms with van der Waals surface area (Å²) in [6.45, 7) is 3.77. The van der Waals surface area contributed by atoms with Gasteiger partial charge in [0.05, 0.1) is 23.6 Å². The molecule has 0 bridgehead atoms. The largest absolute Gasteiger partial charge is 0.466 e. The van der Waals surface area contributed by atoms with E-state index in [1.165, 1.54) is 12.3 Å². The van der Waals surface area contributed by atoms with Crippen LogP contribution >= 0.6 is 0 Å². The molecule has 33 heavy (non-hydrogen) atoms. The summed E-state index contributed by atoms with van der Waals surface area (Å²) in [5.74, 6) is -0.860. The molecule has 3 nitrogen and oxygen atoms in total. The SMILES string of the molecule is CCOC(=O)C(C)c1cccc(-c2c(-c3ccccc3)cnc3c(C(F)(F)F)cccc23)c1. The lowest BCUT2D eigenvalue weighted by Crippen LogP contribution is -2.13. The van der Waals surface area contributed by atoms with E-state index in [0.29, 0.717) is 22.1 Å². The van der Waals surface area contributed by atoms with E-state index in [9.17, 15) is 18.0 Å². The van der Waals surface area contributed by atoms with Crippen LogP contribution in [0, 0.1) is 0 Å². The van der Waals surface area contributed by atoms with Crippen LogP contribution in [0.25, 0.3) is 33.2 Å². The second-order valence-electron chi connectivity index (χ2n) is 7.71. The first-order valence-electron chi connectivity index (χ1n) is 10.6. The van der Waals surface area contributed by atoms with Crippen LogP contribution in [0.15, 0.2) is 79.0 Å². The number of rotatable bonds is 5. The number of alkyl halides is 3. The van der Waals surface area contributed by atoms with Crippen molar-refractivity contribution in [2.24, 2.45) is 0 Å². The van der Waals surface area contributed by atoms with Crippen LogP contribution in [0.2, 0.25) is 0 Å². The molecule has 0 aliphatic carbocycles. The maximum absolute atomic E-state index is 13.7. The van der Waals surface area contributed by atoms with Gasteiger partial charge in [0, 0.05) is 22.7 Å². The number of para-hydroxylation sites is 1. The Kier molecular flexibility index (Phi) is 6.18. The molecule has 3 aromatic carbocycles. The summed E-state index contributed by atoms with van der Waals surface area (Å²) < 4.78 is 46.3. The van der Waals surface area contributed by atoms with Gasteiger partial charge in [0.1, 0.15) is 0 Å². The third kappa shape index (κ3) is 4.46. The molecule has 6 heteroatoms. The van der Waals surface area contributed by atoms with Gasteiger partial charge in [-0.3, -0.25) is 9.78 Å². The number of halogens is 3. The van der Waals surface area contributed by atoms with Crippen molar-refractivity contribution in [2.75, 3.05) is 6.61 Å². The predicted molar refractivity (Wildman–Crippen MR) is 123 cm³/mol. The van der Waals surface area contributed by atoms with Crippen molar-refractivity contribution in [3.8, 4) is 22.3 Å². The number of nitrogens with zero attached hydrogens (tertiary/aromatic N) is 1. The summed E-state index contributed by atoms with van der Waals surface area (Å²) in [5, 5.41) is 0.395. The number of ether oxygens (including phenoxy) is 1. The van der Waals surface area contributed by atoms with Crippen molar-refractivity contribution in [1.82, 2.24) is 4.98 Å². The molecular weight excluding hydrogens is 427 g/mol. The molecule has 0 fully saturated rings. The van der Waals surface area contributed by atoms with Crippen molar-refractivity contribution >= 4 is 16.9 Å². The summed E-state index contributed by atoms with van der Waals surface area (Å²) in [7, 11) is 0. The number of esters is 1. The first kappa shape index (κ1) is 22.5. The maximum atomic E-state index is 13.7. The summed E-state index contributed by atoms with van der Waals surface area (Å²) in [4.78, 5) is 16.5. The average molecular weight is 449 g/mol. The molecule has 0 radical (unpaired) electrons. The third-order valence-corrected chi connectivity index (χ3v) is 5.60. The summed E-state index contributed by atoms with van der Waals surface area (Å²) >= 11 is 0. The Bertz CT molecular complexity index is 1300. The molecule has 0 saturated carbocycles. The summed E-state index contributed by atoms with van der Waals surface area (Å²) in [6.07, 6.45) is -3.04. The van der Waals surface area contributed by atoms with Crippen LogP contribution in [-0.2, 0) is 15.7 Å². The lowest BCUT2D eigenvalue weighted by molar-refractivity contribution is -0.144. The molecule has 0 aliphatic heterocycles. The number of benzene rings is 3. The minimum Gasteiger partial charge on any atom is -0.466 e. The van der Waals surface area contributed by atoms with Gasteiger partial charge in [-0.25, -0.2) is 0 Å². The fourth-order valence-electron chi connectivity index (χ4n) is 3.97. The normalized spacial score (nSPS) is 12.5. The van der Waals surface area contributed by atoms with Gasteiger partial charge in [0.25, 0.3) is 0 Å². The number of aromatic nitrogens is 1. The number of carbonyl (C=O) groups is 1. The quantitative estimate of drug-likeness (QED) is 0.301. The second kappa shape index (κ2) is 9.06. The maximum Gasteiger partial charge on any atom is 0.418 e. The number of fused-ring (bicyclic) bond motifs is 1. The van der Waals surface area contributed by atoms with E-state index >= 15 is 0 Å². The van der Waals surface area contributed by atoms with Gasteiger partial charge in [-0.15, -0.1) is 0 Å². The Balaban J connectivity index is 1.99. The van der Waals surface area contributed by atoms with E-state index < -0.39 is 17.7 Å². The van der Waals surface area contributed by atoms with E-state index in [4.69, 9.17) is 4.74 Å². The van der Waals surface area contributed by atoms with E-state index in [2.05, 4.69) is 4.98 Å². The van der Waals surface area contributed by atoms with Crippen molar-refractivity contribution in [2.45, 2.75) is 25.9 Å². The minimum atomic E-state index is -4.53. The molecule has 0 aliphatic rings. The van der Waals surface area contributed by atoms with Crippen LogP contribution in [0.5, 0.6) is 0 Å². The molecule has 1 atom stereocenters. The Hall–Kier alpha value is -3.67. The first-order valence-corrected chi connectivity index (χ1v) is 10.6. The average Bonchev–Trinajstić information content (AvgIpc) is 2.82. The van der Waals surface area contributed by atoms with Crippen LogP contribution in [0.4, 0.5) is 13.2 Å². The molecule has 4 aromatic rings. The Morgan fingerprint density at radius 1 is 0.970 bits per heavy atom. The van der Waals surface area contributed by atoms with Crippen molar-refractivity contribution in [3.63, 3.8) is 0 Å². The van der Waals surface area contributed by atoms with Gasteiger partial charge in [-0.05, 0) is 36.6 Å². The molecule has 0 spiro atoms. The zero-order chi connectivity index (χ0) is 23.6. The Morgan fingerprint density at radius 3 is 2.36 bits per heavy atom. The van der Waals surface area contributed by atoms with Crippen LogP contribution in [-0.4, -0.2) is 17.6 Å². The van der Waals surface area contributed by atoms with Crippen LogP contribution in [0.3, 0.4) is 0 Å². The molecule has 4 rings (SSSR count). The third-order valence-electron chi connectivity index (χ3n) is 5.60. The fourth-order valence-corrected chi connectivity index (χ4v) is 3.97. The summed E-state index contributed by atoms with van der Waals surface area (Å²) in [6, 6.07) is 20.8. The van der Waals surface area contributed by atoms with Gasteiger partial charge < -0.3 is 4.74 Å². The number of pyridine rings is 1. The van der Waals surface area contributed by atoms with Crippen molar-refractivity contribution in [3.05, 3.63) is 90.1 Å². The zero-order valence-corrected chi connectivity index (χ0v) is 18.2. The second-order valence-corrected chi connectivity index (χ2v) is 7.71. The monoisotopic (exact) mass is 449 g/mol. The lowest BCUT2D eigenvalue weighted by atomic mass is 9.89. The Morgan fingerprint density at radius 2 is 1.67 bits per heavy atom. The number of carbonyl (C=O) groups excluding carboxylic acids is 1. The minimum absolute atomic E-state index is 0.108. The molecule has 1 heterocycles. The molecular formula is C27H22F3NO2. The van der Waals surface area contributed by atoms with E-state index in [1.807, 2.05) is 48.5 Å². The van der Waals surface area contributed by atoms with Gasteiger partial charge >= 0.3 is 12.1 Å². The molecule has 0 N–H and O–H groups in total. The lowest BCUT2D eigenvalue weighted by Gasteiger charge is -2.18. The molecule has 0 amide bonds. The highest BCUT2D eigenvalue weighted by molar-refractivity contribution is 6.03. The topological polar surface area (TPSA) is 39.2 Å². The van der Waals surface area contributed by atoms with Gasteiger partial charge in [0.15, 0.2) is 0 Å². The van der Waals surface area contributed by atoms with Gasteiger partial charge in [-0.2, -0.15) is 13.2 Å². The zero-order valence-electron chi connectivity index (χ0n) is 18.2. The molecule has 168 valence electrons. The highest BCUT2D eigenvalue weighted by atomic mass is 19.4.